The van der Waals surface area contributed by atoms with Gasteiger partial charge in [-0.25, -0.2) is 0 Å². The molecule has 0 spiro atoms. The minimum atomic E-state index is -0.113. The highest BCUT2D eigenvalue weighted by Gasteiger charge is 2.38. The van der Waals surface area contributed by atoms with Crippen molar-refractivity contribution in [1.29, 1.82) is 0 Å². The maximum absolute atomic E-state index is 12.6. The Morgan fingerprint density at radius 2 is 2.05 bits per heavy atom. The van der Waals surface area contributed by atoms with Gasteiger partial charge in [-0.1, -0.05) is 19.9 Å². The second kappa shape index (κ2) is 5.31. The molecule has 0 saturated carbocycles. The Balaban J connectivity index is 1.94. The Bertz CT molecular complexity index is 550. The number of amides is 1. The number of anilines is 2. The predicted octanol–water partition coefficient (Wildman–Crippen LogP) is 1.59. The number of nitrogens with one attached hydrogen (secondary N) is 1. The first kappa shape index (κ1) is 14.4. The van der Waals surface area contributed by atoms with Crippen LogP contribution in [0.4, 0.5) is 11.4 Å². The first-order valence-electron chi connectivity index (χ1n) is 7.50. The number of carbonyl (C=O) groups excluding carboxylic acids is 1. The fourth-order valence-electron chi connectivity index (χ4n) is 3.34. The fraction of sp³-hybridized carbons (Fsp3) is 0.562. The summed E-state index contributed by atoms with van der Waals surface area (Å²) in [4.78, 5) is 14.9. The third kappa shape index (κ3) is 2.76. The van der Waals surface area contributed by atoms with E-state index in [1.807, 2.05) is 18.2 Å². The van der Waals surface area contributed by atoms with E-state index in [0.717, 1.165) is 30.8 Å². The molecule has 2 aliphatic rings. The molecule has 5 heteroatoms. The Kier molecular flexibility index (Phi) is 3.63. The van der Waals surface area contributed by atoms with E-state index in [4.69, 9.17) is 10.5 Å². The van der Waals surface area contributed by atoms with Gasteiger partial charge in [0.1, 0.15) is 0 Å². The summed E-state index contributed by atoms with van der Waals surface area (Å²) in [5, 5.41) is 3.06. The van der Waals surface area contributed by atoms with Gasteiger partial charge in [0.05, 0.1) is 19.3 Å². The maximum Gasteiger partial charge on any atom is 0.241 e. The van der Waals surface area contributed by atoms with Crippen molar-refractivity contribution in [2.24, 2.45) is 0 Å². The summed E-state index contributed by atoms with van der Waals surface area (Å²) in [5.41, 5.74) is 8.46. The highest BCUT2D eigenvalue weighted by Crippen LogP contribution is 2.38. The first-order chi connectivity index (χ1) is 9.97. The highest BCUT2D eigenvalue weighted by molar-refractivity contribution is 5.97. The number of nitrogen functional groups attached to an aromatic ring is 1. The average Bonchev–Trinajstić information content (AvgIpc) is 2.54. The second-order valence-corrected chi connectivity index (χ2v) is 6.55. The lowest BCUT2D eigenvalue weighted by molar-refractivity contribution is -0.123. The molecule has 0 aromatic heterocycles. The molecule has 1 saturated heterocycles. The summed E-state index contributed by atoms with van der Waals surface area (Å²) < 4.78 is 5.40. The van der Waals surface area contributed by atoms with Gasteiger partial charge in [0.15, 0.2) is 0 Å². The molecular formula is C16H23N3O2. The summed E-state index contributed by atoms with van der Waals surface area (Å²) in [7, 11) is 0. The molecule has 5 nitrogen and oxygen atoms in total. The molecule has 0 aliphatic carbocycles. The van der Waals surface area contributed by atoms with E-state index in [1.165, 1.54) is 0 Å². The van der Waals surface area contributed by atoms with Crippen LogP contribution in [0.3, 0.4) is 0 Å². The van der Waals surface area contributed by atoms with Gasteiger partial charge in [-0.2, -0.15) is 0 Å². The Labute approximate surface area is 125 Å². The van der Waals surface area contributed by atoms with Crippen LogP contribution in [-0.4, -0.2) is 43.2 Å². The zero-order chi connectivity index (χ0) is 15.0. The van der Waals surface area contributed by atoms with Gasteiger partial charge in [-0.15, -0.1) is 0 Å². The van der Waals surface area contributed by atoms with Crippen LogP contribution in [0.2, 0.25) is 0 Å². The van der Waals surface area contributed by atoms with Gasteiger partial charge in [-0.3, -0.25) is 9.69 Å². The second-order valence-electron chi connectivity index (χ2n) is 6.55. The lowest BCUT2D eigenvalue weighted by Gasteiger charge is -2.36. The van der Waals surface area contributed by atoms with E-state index in [-0.39, 0.29) is 17.4 Å². The van der Waals surface area contributed by atoms with E-state index >= 15 is 0 Å². The Morgan fingerprint density at radius 3 is 2.76 bits per heavy atom. The van der Waals surface area contributed by atoms with Gasteiger partial charge in [-0.05, 0) is 29.5 Å². The van der Waals surface area contributed by atoms with Crippen molar-refractivity contribution in [2.45, 2.75) is 31.7 Å². The molecule has 0 bridgehead atoms. The van der Waals surface area contributed by atoms with Crippen molar-refractivity contribution < 1.29 is 9.53 Å². The van der Waals surface area contributed by atoms with Crippen LogP contribution in [0, 0.1) is 0 Å². The zero-order valence-corrected chi connectivity index (χ0v) is 12.7. The molecule has 2 heterocycles. The summed E-state index contributed by atoms with van der Waals surface area (Å²) in [5.74, 6) is 0.0642. The molecule has 1 atom stereocenters. The SMILES string of the molecule is CC1(C)CC(N2CCOCC2)C(=O)Nc2cc(N)ccc21. The number of fused-ring (bicyclic) bond motifs is 1. The van der Waals surface area contributed by atoms with Gasteiger partial charge < -0.3 is 15.8 Å². The predicted molar refractivity (Wildman–Crippen MR) is 83.3 cm³/mol. The van der Waals surface area contributed by atoms with Crippen LogP contribution in [0.5, 0.6) is 0 Å². The molecule has 1 aromatic rings. The number of carbonyl (C=O) groups is 1. The Hall–Kier alpha value is -1.59. The number of benzene rings is 1. The number of rotatable bonds is 1. The summed E-state index contributed by atoms with van der Waals surface area (Å²) in [6, 6.07) is 5.68. The van der Waals surface area contributed by atoms with Crippen molar-refractivity contribution in [3.8, 4) is 0 Å². The van der Waals surface area contributed by atoms with E-state index in [2.05, 4.69) is 24.1 Å². The number of hydrogen-bond acceptors (Lipinski definition) is 4. The number of nitrogens with two attached hydrogens (primary N) is 1. The van der Waals surface area contributed by atoms with Crippen molar-refractivity contribution in [1.82, 2.24) is 4.90 Å². The van der Waals surface area contributed by atoms with Crippen LogP contribution in [0.15, 0.2) is 18.2 Å². The third-order valence-corrected chi connectivity index (χ3v) is 4.52. The topological polar surface area (TPSA) is 67.6 Å². The maximum atomic E-state index is 12.6. The van der Waals surface area contributed by atoms with Gasteiger partial charge in [0, 0.05) is 24.5 Å². The molecule has 0 radical (unpaired) electrons. The van der Waals surface area contributed by atoms with E-state index < -0.39 is 0 Å². The minimum Gasteiger partial charge on any atom is -0.399 e. The normalized spacial score (nSPS) is 25.8. The van der Waals surface area contributed by atoms with Crippen molar-refractivity contribution in [3.05, 3.63) is 23.8 Å². The molecule has 2 aliphatic heterocycles. The quantitative estimate of drug-likeness (QED) is 0.770. The lowest BCUT2D eigenvalue weighted by atomic mass is 9.79. The molecule has 114 valence electrons. The van der Waals surface area contributed by atoms with E-state index in [9.17, 15) is 4.79 Å². The third-order valence-electron chi connectivity index (χ3n) is 4.52. The summed E-state index contributed by atoms with van der Waals surface area (Å²) in [6.45, 7) is 7.40. The number of nitrogens with zero attached hydrogens (tertiary/aromatic N) is 1. The lowest BCUT2D eigenvalue weighted by Crippen LogP contribution is -2.50. The number of morpholine rings is 1. The summed E-state index contributed by atoms with van der Waals surface area (Å²) in [6.07, 6.45) is 0.801. The number of ether oxygens (including phenoxy) is 1. The van der Waals surface area contributed by atoms with Crippen LogP contribution in [0.25, 0.3) is 0 Å². The largest absolute Gasteiger partial charge is 0.399 e. The first-order valence-corrected chi connectivity index (χ1v) is 7.50. The fourth-order valence-corrected chi connectivity index (χ4v) is 3.34. The van der Waals surface area contributed by atoms with Gasteiger partial charge in [0.25, 0.3) is 0 Å². The van der Waals surface area contributed by atoms with Crippen molar-refractivity contribution >= 4 is 17.3 Å². The highest BCUT2D eigenvalue weighted by atomic mass is 16.5. The minimum absolute atomic E-state index is 0.0642. The monoisotopic (exact) mass is 289 g/mol. The molecule has 21 heavy (non-hydrogen) atoms. The average molecular weight is 289 g/mol. The molecule has 1 fully saturated rings. The van der Waals surface area contributed by atoms with E-state index in [1.54, 1.807) is 0 Å². The van der Waals surface area contributed by atoms with Gasteiger partial charge >= 0.3 is 0 Å². The van der Waals surface area contributed by atoms with Crippen LogP contribution in [0.1, 0.15) is 25.8 Å². The smallest absolute Gasteiger partial charge is 0.241 e. The standard InChI is InChI=1S/C16H23N3O2/c1-16(2)10-14(19-5-7-21-8-6-19)15(20)18-13-9-11(17)3-4-12(13)16/h3-4,9,14H,5-8,10,17H2,1-2H3,(H,18,20). The molecule has 1 amide bonds. The van der Waals surface area contributed by atoms with Crippen LogP contribution in [-0.2, 0) is 14.9 Å². The van der Waals surface area contributed by atoms with Crippen molar-refractivity contribution in [2.75, 3.05) is 37.4 Å². The Morgan fingerprint density at radius 1 is 1.33 bits per heavy atom. The molecule has 3 N–H and O–H groups in total. The summed E-state index contributed by atoms with van der Waals surface area (Å²) >= 11 is 0. The van der Waals surface area contributed by atoms with Crippen LogP contribution >= 0.6 is 0 Å². The van der Waals surface area contributed by atoms with Gasteiger partial charge in [0.2, 0.25) is 5.91 Å². The zero-order valence-electron chi connectivity index (χ0n) is 12.7. The molecule has 1 unspecified atom stereocenters. The van der Waals surface area contributed by atoms with Crippen molar-refractivity contribution in [3.63, 3.8) is 0 Å². The molecular weight excluding hydrogens is 266 g/mol. The molecule has 1 aromatic carbocycles. The van der Waals surface area contributed by atoms with Crippen LogP contribution < -0.4 is 11.1 Å². The van der Waals surface area contributed by atoms with E-state index in [0.29, 0.717) is 18.9 Å². The number of hydrogen-bond donors (Lipinski definition) is 2. The molecule has 3 rings (SSSR count).